The highest BCUT2D eigenvalue weighted by Crippen LogP contribution is 2.25. The van der Waals surface area contributed by atoms with Gasteiger partial charge in [0.1, 0.15) is 10.8 Å². The molecule has 5 N–H and O–H groups in total. The van der Waals surface area contributed by atoms with Crippen LogP contribution in [-0.4, -0.2) is 27.5 Å². The van der Waals surface area contributed by atoms with Gasteiger partial charge in [0.25, 0.3) is 5.56 Å². The fourth-order valence-electron chi connectivity index (χ4n) is 1.49. The van der Waals surface area contributed by atoms with Crippen LogP contribution in [0.1, 0.15) is 17.3 Å². The Balaban J connectivity index is 2.30. The molecule has 0 saturated heterocycles. The lowest BCUT2D eigenvalue weighted by Crippen LogP contribution is -2.10. The highest BCUT2D eigenvalue weighted by Gasteiger charge is 2.13. The summed E-state index contributed by atoms with van der Waals surface area (Å²) >= 11 is 1.05. The second-order valence-electron chi connectivity index (χ2n) is 3.91. The summed E-state index contributed by atoms with van der Waals surface area (Å²) in [5.41, 5.74) is 11.2. The van der Waals surface area contributed by atoms with Crippen LogP contribution in [0.2, 0.25) is 0 Å². The van der Waals surface area contributed by atoms with Crippen LogP contribution in [0.3, 0.4) is 0 Å². The Kier molecular flexibility index (Phi) is 4.43. The molecule has 0 unspecified atom stereocenters. The maximum absolute atomic E-state index is 11.7. The number of anilines is 2. The van der Waals surface area contributed by atoms with E-state index in [1.165, 1.54) is 18.3 Å². The van der Waals surface area contributed by atoms with Gasteiger partial charge in [0.2, 0.25) is 0 Å². The van der Waals surface area contributed by atoms with Gasteiger partial charge in [-0.1, -0.05) is 0 Å². The number of pyridine rings is 1. The van der Waals surface area contributed by atoms with Crippen LogP contribution in [0.25, 0.3) is 0 Å². The fraction of sp³-hybridized carbons (Fsp3) is 0.167. The summed E-state index contributed by atoms with van der Waals surface area (Å²) in [5, 5.41) is 0.702. The Morgan fingerprint density at radius 3 is 2.86 bits per heavy atom. The third-order valence-electron chi connectivity index (χ3n) is 2.35. The van der Waals surface area contributed by atoms with E-state index in [1.54, 1.807) is 6.92 Å². The van der Waals surface area contributed by atoms with Crippen molar-refractivity contribution in [2.75, 3.05) is 18.1 Å². The number of nitrogens with one attached hydrogen (secondary N) is 1. The lowest BCUT2D eigenvalue weighted by Gasteiger charge is -2.07. The van der Waals surface area contributed by atoms with Crippen molar-refractivity contribution >= 4 is 29.2 Å². The molecule has 0 aliphatic heterocycles. The fourth-order valence-corrected chi connectivity index (χ4v) is 2.27. The van der Waals surface area contributed by atoms with Crippen LogP contribution in [0, 0.1) is 0 Å². The molecule has 9 heteroatoms. The second-order valence-corrected chi connectivity index (χ2v) is 4.92. The Morgan fingerprint density at radius 2 is 2.19 bits per heavy atom. The van der Waals surface area contributed by atoms with Crippen molar-refractivity contribution < 1.29 is 9.53 Å². The molecule has 2 aromatic heterocycles. The first-order valence-corrected chi connectivity index (χ1v) is 6.78. The van der Waals surface area contributed by atoms with Crippen LogP contribution >= 0.6 is 11.8 Å². The standard InChI is InChI=1S/C12H13N5O3S/c1-2-20-11(19)6-3-10(15-5-7(6)13)21-12-16-8(14)4-9(18)17-12/h3-5H,2,13H2,1H3,(H3,14,16,17,18). The van der Waals surface area contributed by atoms with Gasteiger partial charge in [0.15, 0.2) is 5.16 Å². The lowest BCUT2D eigenvalue weighted by atomic mass is 10.2. The van der Waals surface area contributed by atoms with Gasteiger partial charge in [-0.2, -0.15) is 0 Å². The second kappa shape index (κ2) is 6.27. The Morgan fingerprint density at radius 1 is 1.43 bits per heavy atom. The zero-order chi connectivity index (χ0) is 15.4. The molecule has 2 aromatic rings. The number of carbonyl (C=O) groups is 1. The van der Waals surface area contributed by atoms with Gasteiger partial charge in [-0.05, 0) is 24.8 Å². The number of hydrogen-bond acceptors (Lipinski definition) is 8. The molecule has 21 heavy (non-hydrogen) atoms. The van der Waals surface area contributed by atoms with E-state index in [2.05, 4.69) is 15.0 Å². The average molecular weight is 307 g/mol. The van der Waals surface area contributed by atoms with Gasteiger partial charge in [0, 0.05) is 6.07 Å². The highest BCUT2D eigenvalue weighted by atomic mass is 32.2. The zero-order valence-electron chi connectivity index (χ0n) is 11.1. The van der Waals surface area contributed by atoms with E-state index in [0.29, 0.717) is 5.03 Å². The number of nitrogens with two attached hydrogens (primary N) is 2. The summed E-state index contributed by atoms with van der Waals surface area (Å²) < 4.78 is 4.90. The minimum Gasteiger partial charge on any atom is -0.462 e. The summed E-state index contributed by atoms with van der Waals surface area (Å²) in [4.78, 5) is 33.6. The van der Waals surface area contributed by atoms with Gasteiger partial charge in [-0.25, -0.2) is 14.8 Å². The van der Waals surface area contributed by atoms with Gasteiger partial charge < -0.3 is 21.2 Å². The molecule has 0 aliphatic carbocycles. The number of rotatable bonds is 4. The molecule has 0 fully saturated rings. The summed E-state index contributed by atoms with van der Waals surface area (Å²) in [5.74, 6) is -0.435. The largest absolute Gasteiger partial charge is 0.462 e. The van der Waals surface area contributed by atoms with E-state index in [0.717, 1.165) is 11.8 Å². The number of nitrogen functional groups attached to an aromatic ring is 2. The van der Waals surface area contributed by atoms with Gasteiger partial charge in [0.05, 0.1) is 24.1 Å². The highest BCUT2D eigenvalue weighted by molar-refractivity contribution is 7.99. The first-order valence-electron chi connectivity index (χ1n) is 5.97. The van der Waals surface area contributed by atoms with Crippen molar-refractivity contribution in [1.82, 2.24) is 15.0 Å². The quantitative estimate of drug-likeness (QED) is 0.553. The molecule has 0 aromatic carbocycles. The molecular formula is C12H13N5O3S. The smallest absolute Gasteiger partial charge is 0.340 e. The van der Waals surface area contributed by atoms with Crippen molar-refractivity contribution in [2.24, 2.45) is 0 Å². The van der Waals surface area contributed by atoms with Crippen LogP contribution in [0.5, 0.6) is 0 Å². The summed E-state index contributed by atoms with van der Waals surface area (Å²) in [6.07, 6.45) is 1.35. The summed E-state index contributed by atoms with van der Waals surface area (Å²) in [6, 6.07) is 2.64. The number of carbonyl (C=O) groups excluding carboxylic acids is 1. The number of hydrogen-bond donors (Lipinski definition) is 3. The number of aromatic amines is 1. The van der Waals surface area contributed by atoms with Gasteiger partial charge in [-0.3, -0.25) is 4.79 Å². The van der Waals surface area contributed by atoms with Crippen LogP contribution in [0.4, 0.5) is 11.5 Å². The first kappa shape index (κ1) is 14.9. The SMILES string of the molecule is CCOC(=O)c1cc(Sc2nc(N)cc(=O)[nH]2)ncc1N. The molecular weight excluding hydrogens is 294 g/mol. The molecule has 0 amide bonds. The van der Waals surface area contributed by atoms with E-state index in [9.17, 15) is 9.59 Å². The van der Waals surface area contributed by atoms with Crippen molar-refractivity contribution in [2.45, 2.75) is 17.1 Å². The minimum absolute atomic E-state index is 0.0994. The first-order chi connectivity index (χ1) is 9.99. The lowest BCUT2D eigenvalue weighted by molar-refractivity contribution is 0.0527. The Bertz CT molecular complexity index is 731. The molecule has 0 radical (unpaired) electrons. The maximum Gasteiger partial charge on any atom is 0.340 e. The van der Waals surface area contributed by atoms with E-state index in [1.807, 2.05) is 0 Å². The zero-order valence-corrected chi connectivity index (χ0v) is 11.9. The predicted molar refractivity (Wildman–Crippen MR) is 78.0 cm³/mol. The Hall–Kier alpha value is -2.55. The van der Waals surface area contributed by atoms with Crippen molar-refractivity contribution in [3.63, 3.8) is 0 Å². The van der Waals surface area contributed by atoms with E-state index < -0.39 is 5.97 Å². The molecule has 0 atom stereocenters. The topological polar surface area (TPSA) is 137 Å². The van der Waals surface area contributed by atoms with Crippen LogP contribution in [-0.2, 0) is 4.74 Å². The molecule has 2 rings (SSSR count). The monoisotopic (exact) mass is 307 g/mol. The molecule has 0 spiro atoms. The normalized spacial score (nSPS) is 10.3. The molecule has 110 valence electrons. The number of aromatic nitrogens is 3. The third-order valence-corrected chi connectivity index (χ3v) is 3.17. The van der Waals surface area contributed by atoms with Crippen molar-refractivity contribution in [3.8, 4) is 0 Å². The number of nitrogens with zero attached hydrogens (tertiary/aromatic N) is 2. The van der Waals surface area contributed by atoms with E-state index in [4.69, 9.17) is 16.2 Å². The molecule has 0 bridgehead atoms. The van der Waals surface area contributed by atoms with E-state index >= 15 is 0 Å². The predicted octanol–water partition coefficient (Wildman–Crippen LogP) is 0.657. The maximum atomic E-state index is 11.7. The van der Waals surface area contributed by atoms with Crippen LogP contribution < -0.4 is 17.0 Å². The van der Waals surface area contributed by atoms with Gasteiger partial charge >= 0.3 is 5.97 Å². The number of H-pyrrole nitrogens is 1. The molecule has 8 nitrogen and oxygen atoms in total. The summed E-state index contributed by atoms with van der Waals surface area (Å²) in [7, 11) is 0. The summed E-state index contributed by atoms with van der Waals surface area (Å²) in [6.45, 7) is 1.94. The number of esters is 1. The molecule has 0 aliphatic rings. The minimum atomic E-state index is -0.534. The van der Waals surface area contributed by atoms with Crippen molar-refractivity contribution in [1.29, 1.82) is 0 Å². The average Bonchev–Trinajstić information content (AvgIpc) is 2.40. The Labute approximate surface area is 123 Å². The van der Waals surface area contributed by atoms with Crippen molar-refractivity contribution in [3.05, 3.63) is 34.2 Å². The van der Waals surface area contributed by atoms with Gasteiger partial charge in [-0.15, -0.1) is 0 Å². The number of ether oxygens (including phenoxy) is 1. The molecule has 0 saturated carbocycles. The van der Waals surface area contributed by atoms with Crippen LogP contribution in [0.15, 0.2) is 33.3 Å². The molecule has 2 heterocycles. The van der Waals surface area contributed by atoms with E-state index in [-0.39, 0.29) is 34.4 Å². The third kappa shape index (κ3) is 3.72.